The number of likely N-dealkylation sites (tertiary alicyclic amines) is 1. The van der Waals surface area contributed by atoms with E-state index < -0.39 is 54.0 Å². The van der Waals surface area contributed by atoms with Gasteiger partial charge in [0.25, 0.3) is 18.0 Å². The molecule has 8 nitrogen and oxygen atoms in total. The third-order valence-corrected chi connectivity index (χ3v) is 8.14. The number of hydrogen-bond acceptors (Lipinski definition) is 9. The van der Waals surface area contributed by atoms with Gasteiger partial charge in [-0.15, -0.1) is 11.3 Å². The molecule has 0 saturated carbocycles. The smallest absolute Gasteiger partial charge is 0.430 e. The molecule has 1 fully saturated rings. The van der Waals surface area contributed by atoms with Crippen LogP contribution in [0.2, 0.25) is 0 Å². The van der Waals surface area contributed by atoms with Crippen molar-refractivity contribution in [1.29, 1.82) is 0 Å². The van der Waals surface area contributed by atoms with E-state index in [2.05, 4.69) is 15.1 Å². The largest absolute Gasteiger partial charge is 0.461 e. The Kier molecular flexibility index (Phi) is 8.43. The number of aryl methyl sites for hydroxylation is 1. The maximum absolute atomic E-state index is 14.1. The van der Waals surface area contributed by atoms with E-state index in [0.29, 0.717) is 12.1 Å². The van der Waals surface area contributed by atoms with Crippen LogP contribution in [0.5, 0.6) is 0 Å². The second-order valence-corrected chi connectivity index (χ2v) is 12.0. The van der Waals surface area contributed by atoms with Crippen molar-refractivity contribution in [2.75, 3.05) is 6.54 Å². The van der Waals surface area contributed by atoms with Gasteiger partial charge in [-0.3, -0.25) is 9.69 Å². The van der Waals surface area contributed by atoms with Gasteiger partial charge in [0.05, 0.1) is 23.5 Å². The van der Waals surface area contributed by atoms with Crippen LogP contribution in [0, 0.1) is 6.92 Å². The summed E-state index contributed by atoms with van der Waals surface area (Å²) in [4.78, 5) is 21.2. The highest BCUT2D eigenvalue weighted by atomic mass is 32.1. The lowest BCUT2D eigenvalue weighted by Crippen LogP contribution is -2.53. The van der Waals surface area contributed by atoms with E-state index in [1.165, 1.54) is 11.8 Å². The van der Waals surface area contributed by atoms with E-state index in [1.54, 1.807) is 20.8 Å². The molecule has 4 rings (SSSR count). The fourth-order valence-corrected chi connectivity index (χ4v) is 5.92. The first kappa shape index (κ1) is 32.7. The number of carbonyl (C=O) groups is 1. The van der Waals surface area contributed by atoms with Crippen molar-refractivity contribution in [3.8, 4) is 21.3 Å². The van der Waals surface area contributed by atoms with Crippen LogP contribution in [0.1, 0.15) is 49.9 Å². The third kappa shape index (κ3) is 6.52. The average molecular weight is 643 g/mol. The minimum atomic E-state index is -6.07. The Bertz CT molecular complexity index is 1470. The van der Waals surface area contributed by atoms with E-state index in [9.17, 15) is 45.0 Å². The second-order valence-electron chi connectivity index (χ2n) is 11.0. The summed E-state index contributed by atoms with van der Waals surface area (Å²) in [5.74, 6) is -2.91. The fraction of sp³-hybridized carbons (Fsp3) is 0.538. The van der Waals surface area contributed by atoms with Crippen LogP contribution in [0.4, 0.5) is 35.1 Å². The monoisotopic (exact) mass is 642 g/mol. The topological polar surface area (TPSA) is 102 Å². The lowest BCUT2D eigenvalue weighted by atomic mass is 9.89. The summed E-state index contributed by atoms with van der Waals surface area (Å²) >= 11 is 0.926. The Morgan fingerprint density at radius 3 is 2.35 bits per heavy atom. The summed E-state index contributed by atoms with van der Waals surface area (Å²) < 4.78 is 119. The molecule has 0 amide bonds. The Labute approximate surface area is 243 Å². The summed E-state index contributed by atoms with van der Waals surface area (Å²) in [5.41, 5.74) is -7.24. The molecule has 1 N–H and O–H groups in total. The predicted molar refractivity (Wildman–Crippen MR) is 136 cm³/mol. The van der Waals surface area contributed by atoms with Crippen LogP contribution >= 0.6 is 11.3 Å². The van der Waals surface area contributed by atoms with Crippen molar-refractivity contribution in [2.24, 2.45) is 0 Å². The maximum Gasteiger partial charge on any atom is 0.430 e. The van der Waals surface area contributed by atoms with Crippen LogP contribution in [0.25, 0.3) is 21.3 Å². The quantitative estimate of drug-likeness (QED) is 0.218. The van der Waals surface area contributed by atoms with Crippen molar-refractivity contribution in [3.05, 3.63) is 40.9 Å². The molecule has 43 heavy (non-hydrogen) atoms. The number of rotatable bonds is 9. The summed E-state index contributed by atoms with van der Waals surface area (Å²) in [6, 6.07) is 1.52. The van der Waals surface area contributed by atoms with E-state index in [1.807, 2.05) is 0 Å². The molecule has 3 aromatic rings. The molecular weight excluding hydrogens is 616 g/mol. The van der Waals surface area contributed by atoms with Crippen LogP contribution in [-0.2, 0) is 28.1 Å². The van der Waals surface area contributed by atoms with E-state index in [4.69, 9.17) is 9.26 Å². The lowest BCUT2D eigenvalue weighted by Gasteiger charge is -2.33. The van der Waals surface area contributed by atoms with Crippen molar-refractivity contribution in [2.45, 2.75) is 82.6 Å². The molecule has 1 atom stereocenters. The molecule has 1 aliphatic heterocycles. The minimum absolute atomic E-state index is 0.0213. The highest BCUT2D eigenvalue weighted by Gasteiger charge is 2.71. The number of ether oxygens (including phenoxy) is 1. The summed E-state index contributed by atoms with van der Waals surface area (Å²) in [6.45, 7) is 5.61. The zero-order chi connectivity index (χ0) is 32.2. The van der Waals surface area contributed by atoms with E-state index >= 15 is 0 Å². The van der Waals surface area contributed by atoms with Crippen LogP contribution < -0.4 is 0 Å². The molecule has 0 aliphatic carbocycles. The molecule has 17 heteroatoms. The molecule has 1 aliphatic rings. The van der Waals surface area contributed by atoms with Gasteiger partial charge in [0.15, 0.2) is 5.01 Å². The Morgan fingerprint density at radius 2 is 1.81 bits per heavy atom. The highest BCUT2D eigenvalue weighted by molar-refractivity contribution is 7.18. The zero-order valence-corrected chi connectivity index (χ0v) is 23.9. The molecule has 0 radical (unpaired) electrons. The van der Waals surface area contributed by atoms with E-state index in [0.717, 1.165) is 17.4 Å². The van der Waals surface area contributed by atoms with Crippen molar-refractivity contribution >= 4 is 17.8 Å². The molecule has 0 unspecified atom stereocenters. The molecular formula is C26H26F8N4O4S. The van der Waals surface area contributed by atoms with Gasteiger partial charge in [-0.05, 0) is 38.8 Å². The first-order valence-corrected chi connectivity index (χ1v) is 13.5. The standard InChI is InChI=1S/C26H26F8N4O4S/c1-13-7-15(24(40,25(29,30)31)26(32,33)34)5-6-16(13)19-17(10-38-11-23(27,28)8-14(38)2)35-21(43-19)20-36-18(42-37-20)9-22(3,4)41-12-39/h5-7,12,14,40H,8-11H2,1-4H3/t14-/m0/s1. The summed E-state index contributed by atoms with van der Waals surface area (Å²) in [6.07, 6.45) is -12.5. The van der Waals surface area contributed by atoms with Gasteiger partial charge in [0.1, 0.15) is 5.60 Å². The van der Waals surface area contributed by atoms with Gasteiger partial charge in [-0.2, -0.15) is 31.3 Å². The van der Waals surface area contributed by atoms with Gasteiger partial charge < -0.3 is 14.4 Å². The molecule has 3 heterocycles. The summed E-state index contributed by atoms with van der Waals surface area (Å²) in [5, 5.41) is 13.9. The fourth-order valence-electron chi connectivity index (χ4n) is 4.83. The predicted octanol–water partition coefficient (Wildman–Crippen LogP) is 6.20. The molecule has 1 saturated heterocycles. The first-order valence-electron chi connectivity index (χ1n) is 12.7. The number of alkyl halides is 8. The molecule has 2 aromatic heterocycles. The van der Waals surface area contributed by atoms with Crippen molar-refractivity contribution < 1.29 is 54.3 Å². The zero-order valence-electron chi connectivity index (χ0n) is 23.1. The van der Waals surface area contributed by atoms with Crippen LogP contribution in [-0.4, -0.2) is 68.1 Å². The number of hydrogen-bond donors (Lipinski definition) is 1. The minimum Gasteiger partial charge on any atom is -0.461 e. The van der Waals surface area contributed by atoms with Crippen molar-refractivity contribution in [1.82, 2.24) is 20.0 Å². The molecule has 1 aromatic carbocycles. The van der Waals surface area contributed by atoms with Gasteiger partial charge in [0.2, 0.25) is 11.7 Å². The number of benzene rings is 1. The van der Waals surface area contributed by atoms with Gasteiger partial charge in [0, 0.05) is 24.6 Å². The number of thiazole rings is 1. The molecule has 0 spiro atoms. The molecule has 236 valence electrons. The first-order chi connectivity index (χ1) is 19.7. The maximum atomic E-state index is 14.1. The SMILES string of the molecule is Cc1cc(C(O)(C(F)(F)F)C(F)(F)F)ccc1-c1sc(-c2noc(CC(C)(C)OC=O)n2)nc1CN1CC(F)(F)C[C@@H]1C. The average Bonchev–Trinajstić information content (AvgIpc) is 3.54. The second kappa shape index (κ2) is 11.1. The number of aliphatic hydroxyl groups is 1. The Hall–Kier alpha value is -3.18. The van der Waals surface area contributed by atoms with E-state index in [-0.39, 0.29) is 57.9 Å². The van der Waals surface area contributed by atoms with Crippen molar-refractivity contribution in [3.63, 3.8) is 0 Å². The van der Waals surface area contributed by atoms with Crippen LogP contribution in [0.15, 0.2) is 22.7 Å². The van der Waals surface area contributed by atoms with Gasteiger partial charge >= 0.3 is 12.4 Å². The number of halogens is 8. The molecule has 0 bridgehead atoms. The Morgan fingerprint density at radius 1 is 1.16 bits per heavy atom. The van der Waals surface area contributed by atoms with Gasteiger partial charge in [-0.25, -0.2) is 13.8 Å². The Balaban J connectivity index is 1.78. The lowest BCUT2D eigenvalue weighted by molar-refractivity contribution is -0.376. The third-order valence-electron chi connectivity index (χ3n) is 7.01. The van der Waals surface area contributed by atoms with Gasteiger partial charge in [-0.1, -0.05) is 23.4 Å². The summed E-state index contributed by atoms with van der Waals surface area (Å²) in [7, 11) is 0. The number of aromatic nitrogens is 3. The normalized spacial score (nSPS) is 18.3. The number of carbonyl (C=O) groups excluding carboxylic acids is 1. The number of nitrogens with zero attached hydrogens (tertiary/aromatic N) is 4. The highest BCUT2D eigenvalue weighted by Crippen LogP contribution is 2.51. The van der Waals surface area contributed by atoms with Crippen LogP contribution in [0.3, 0.4) is 0 Å².